The molecule has 1 aliphatic carbocycles. The molecular formula is C24H38O4Si. The van der Waals surface area contributed by atoms with Gasteiger partial charge in [0.2, 0.25) is 0 Å². The van der Waals surface area contributed by atoms with Crippen molar-refractivity contribution in [3.63, 3.8) is 0 Å². The Kier molecular flexibility index (Phi) is 8.50. The predicted octanol–water partition coefficient (Wildman–Crippen LogP) is 6.25. The Bertz CT molecular complexity index is 639. The fourth-order valence-electron chi connectivity index (χ4n) is 5.02. The minimum absolute atomic E-state index is 0.0381. The van der Waals surface area contributed by atoms with Crippen molar-refractivity contribution in [2.24, 2.45) is 11.8 Å². The average molecular weight is 419 g/mol. The van der Waals surface area contributed by atoms with Gasteiger partial charge >= 0.3 is 5.97 Å². The smallest absolute Gasteiger partial charge is 0.309 e. The molecule has 0 aromatic heterocycles. The molecule has 0 aliphatic heterocycles. The van der Waals surface area contributed by atoms with Gasteiger partial charge in [0, 0.05) is 0 Å². The van der Waals surface area contributed by atoms with E-state index in [1.165, 1.54) is 0 Å². The molecule has 0 atom stereocenters. The molecule has 0 radical (unpaired) electrons. The molecule has 1 saturated carbocycles. The molecule has 0 saturated heterocycles. The van der Waals surface area contributed by atoms with Gasteiger partial charge in [-0.15, -0.1) is 0 Å². The van der Waals surface area contributed by atoms with Crippen LogP contribution in [0.1, 0.15) is 72.8 Å². The number of ether oxygens (including phenoxy) is 1. The summed E-state index contributed by atoms with van der Waals surface area (Å²) in [5.41, 5.74) is 2.15. The third-order valence-corrected chi connectivity index (χ3v) is 12.6. The highest BCUT2D eigenvalue weighted by Gasteiger charge is 2.49. The Hall–Kier alpha value is -1.62. The van der Waals surface area contributed by atoms with Gasteiger partial charge in [0.05, 0.1) is 11.8 Å². The first-order valence-electron chi connectivity index (χ1n) is 11.1. The van der Waals surface area contributed by atoms with E-state index in [2.05, 4.69) is 41.5 Å². The number of benzene rings is 1. The maximum Gasteiger partial charge on any atom is 0.309 e. The van der Waals surface area contributed by atoms with E-state index in [0.29, 0.717) is 48.9 Å². The van der Waals surface area contributed by atoms with Crippen LogP contribution in [0.4, 0.5) is 0 Å². The number of hydrogen-bond donors (Lipinski definition) is 0. The zero-order valence-electron chi connectivity index (χ0n) is 18.9. The summed E-state index contributed by atoms with van der Waals surface area (Å²) in [4.78, 5) is 25.4. The Labute approximate surface area is 177 Å². The summed E-state index contributed by atoms with van der Waals surface area (Å²) in [7, 11) is -2.20. The Morgan fingerprint density at radius 1 is 0.828 bits per heavy atom. The third-order valence-electron chi connectivity index (χ3n) is 6.60. The van der Waals surface area contributed by atoms with Gasteiger partial charge in [-0.1, -0.05) is 71.9 Å². The molecule has 1 aromatic rings. The van der Waals surface area contributed by atoms with E-state index in [1.54, 1.807) is 0 Å². The van der Waals surface area contributed by atoms with Gasteiger partial charge in [-0.05, 0) is 47.9 Å². The molecule has 29 heavy (non-hydrogen) atoms. The minimum atomic E-state index is -2.20. The van der Waals surface area contributed by atoms with Crippen molar-refractivity contribution in [1.29, 1.82) is 0 Å². The van der Waals surface area contributed by atoms with Crippen LogP contribution in [0.3, 0.4) is 0 Å². The van der Waals surface area contributed by atoms with E-state index < -0.39 is 8.32 Å². The molecule has 162 valence electrons. The highest BCUT2D eigenvalue weighted by molar-refractivity contribution is 6.78. The molecule has 0 amide bonds. The van der Waals surface area contributed by atoms with Gasteiger partial charge in [0.25, 0.3) is 14.3 Å². The van der Waals surface area contributed by atoms with Crippen molar-refractivity contribution in [3.8, 4) is 0 Å². The SMILES string of the molecule is CC(C)[Si](OC(=O)C1CCC(C(=O)OCc2ccccc2)CC1)(C(C)C)C(C)C. The van der Waals surface area contributed by atoms with Crippen LogP contribution >= 0.6 is 0 Å². The van der Waals surface area contributed by atoms with Crippen LogP contribution in [0.2, 0.25) is 16.6 Å². The van der Waals surface area contributed by atoms with E-state index in [9.17, 15) is 9.59 Å². The zero-order chi connectivity index (χ0) is 21.6. The molecule has 0 heterocycles. The Morgan fingerprint density at radius 3 is 1.72 bits per heavy atom. The van der Waals surface area contributed by atoms with E-state index in [1.807, 2.05) is 30.3 Å². The van der Waals surface area contributed by atoms with Crippen molar-refractivity contribution in [2.75, 3.05) is 0 Å². The molecular weight excluding hydrogens is 380 g/mol. The molecule has 0 N–H and O–H groups in total. The monoisotopic (exact) mass is 418 g/mol. The first-order chi connectivity index (χ1) is 13.7. The number of carbonyl (C=O) groups is 2. The summed E-state index contributed by atoms with van der Waals surface area (Å²) in [5.74, 6) is -0.374. The average Bonchev–Trinajstić information content (AvgIpc) is 2.70. The zero-order valence-corrected chi connectivity index (χ0v) is 19.9. The van der Waals surface area contributed by atoms with Crippen molar-refractivity contribution in [1.82, 2.24) is 0 Å². The van der Waals surface area contributed by atoms with Crippen LogP contribution in [0.5, 0.6) is 0 Å². The fourth-order valence-corrected chi connectivity index (χ4v) is 10.2. The molecule has 0 unspecified atom stereocenters. The lowest BCUT2D eigenvalue weighted by atomic mass is 9.82. The normalized spacial score (nSPS) is 20.2. The van der Waals surface area contributed by atoms with Crippen LogP contribution in [0.15, 0.2) is 30.3 Å². The van der Waals surface area contributed by atoms with Gasteiger partial charge in [-0.3, -0.25) is 9.59 Å². The van der Waals surface area contributed by atoms with Gasteiger partial charge in [0.1, 0.15) is 6.61 Å². The topological polar surface area (TPSA) is 52.6 Å². The third kappa shape index (κ3) is 5.71. The molecule has 1 aromatic carbocycles. The molecule has 2 rings (SSSR count). The van der Waals surface area contributed by atoms with E-state index in [4.69, 9.17) is 9.16 Å². The Morgan fingerprint density at radius 2 is 1.28 bits per heavy atom. The summed E-state index contributed by atoms with van der Waals surface area (Å²) in [5, 5.41) is 0. The van der Waals surface area contributed by atoms with Gasteiger partial charge in [-0.25, -0.2) is 0 Å². The maximum absolute atomic E-state index is 13.0. The molecule has 5 heteroatoms. The summed E-state index contributed by atoms with van der Waals surface area (Å²) in [6, 6.07) is 9.73. The van der Waals surface area contributed by atoms with Crippen molar-refractivity contribution in [3.05, 3.63) is 35.9 Å². The van der Waals surface area contributed by atoms with Gasteiger partial charge < -0.3 is 9.16 Å². The molecule has 0 spiro atoms. The second-order valence-electron chi connectivity index (χ2n) is 9.38. The Balaban J connectivity index is 1.89. The summed E-state index contributed by atoms with van der Waals surface area (Å²) < 4.78 is 11.8. The number of rotatable bonds is 8. The van der Waals surface area contributed by atoms with Crippen molar-refractivity contribution < 1.29 is 18.8 Å². The second kappa shape index (κ2) is 10.4. The van der Waals surface area contributed by atoms with E-state index in [-0.39, 0.29) is 23.8 Å². The maximum atomic E-state index is 13.0. The number of carbonyl (C=O) groups excluding carboxylic acids is 2. The van der Waals surface area contributed by atoms with Crippen LogP contribution < -0.4 is 0 Å². The lowest BCUT2D eigenvalue weighted by molar-refractivity contribution is -0.153. The van der Waals surface area contributed by atoms with Crippen LogP contribution in [0, 0.1) is 11.8 Å². The standard InChI is InChI=1S/C24H38O4Si/c1-17(2)29(18(3)4,19(5)6)28-24(26)22-14-12-21(13-15-22)23(25)27-16-20-10-8-7-9-11-20/h7-11,17-19,21-22H,12-16H2,1-6H3. The van der Waals surface area contributed by atoms with Crippen molar-refractivity contribution in [2.45, 2.75) is 90.5 Å². The van der Waals surface area contributed by atoms with Crippen LogP contribution in [0.25, 0.3) is 0 Å². The molecule has 1 aliphatic rings. The molecule has 4 nitrogen and oxygen atoms in total. The lowest BCUT2D eigenvalue weighted by Gasteiger charge is -2.42. The first kappa shape index (κ1) is 23.7. The fraction of sp³-hybridized carbons (Fsp3) is 0.667. The van der Waals surface area contributed by atoms with Crippen molar-refractivity contribution >= 4 is 20.3 Å². The summed E-state index contributed by atoms with van der Waals surface area (Å²) in [6.07, 6.45) is 2.82. The van der Waals surface area contributed by atoms with Gasteiger partial charge in [0.15, 0.2) is 0 Å². The van der Waals surface area contributed by atoms with E-state index >= 15 is 0 Å². The highest BCUT2D eigenvalue weighted by atomic mass is 28.4. The van der Waals surface area contributed by atoms with E-state index in [0.717, 1.165) is 5.56 Å². The minimum Gasteiger partial charge on any atom is -0.518 e. The summed E-state index contributed by atoms with van der Waals surface area (Å²) in [6.45, 7) is 13.5. The lowest BCUT2D eigenvalue weighted by Crippen LogP contribution is -2.50. The number of esters is 1. The van der Waals surface area contributed by atoms with Crippen LogP contribution in [-0.4, -0.2) is 20.3 Å². The molecule has 1 fully saturated rings. The number of hydrogen-bond acceptors (Lipinski definition) is 4. The second-order valence-corrected chi connectivity index (χ2v) is 14.8. The quantitative estimate of drug-likeness (QED) is 0.369. The molecule has 0 bridgehead atoms. The summed E-state index contributed by atoms with van der Waals surface area (Å²) >= 11 is 0. The van der Waals surface area contributed by atoms with Crippen LogP contribution in [-0.2, 0) is 25.4 Å². The first-order valence-corrected chi connectivity index (χ1v) is 13.3. The largest absolute Gasteiger partial charge is 0.518 e. The predicted molar refractivity (Wildman–Crippen MR) is 119 cm³/mol. The van der Waals surface area contributed by atoms with Gasteiger partial charge in [-0.2, -0.15) is 0 Å². The highest BCUT2D eigenvalue weighted by Crippen LogP contribution is 2.43.